The topological polar surface area (TPSA) is 63.0 Å². The first kappa shape index (κ1) is 14.0. The van der Waals surface area contributed by atoms with Crippen LogP contribution in [0.1, 0.15) is 34.7 Å². The van der Waals surface area contributed by atoms with E-state index in [4.69, 9.17) is 9.15 Å². The van der Waals surface area contributed by atoms with Crippen molar-refractivity contribution < 1.29 is 18.7 Å². The minimum atomic E-state index is -0.221. The van der Waals surface area contributed by atoms with Gasteiger partial charge in [0.25, 0.3) is 5.91 Å². The molecule has 0 aromatic carbocycles. The molecule has 0 bridgehead atoms. The molecule has 0 saturated carbocycles. The van der Waals surface area contributed by atoms with Gasteiger partial charge in [0.2, 0.25) is 0 Å². The number of aryl methyl sites for hydroxylation is 2. The van der Waals surface area contributed by atoms with Crippen LogP contribution in [0.15, 0.2) is 10.5 Å². The lowest BCUT2D eigenvalue weighted by Crippen LogP contribution is -2.47. The molecule has 1 aromatic rings. The number of carbonyl (C=O) groups is 2. The molecule has 0 aliphatic carbocycles. The van der Waals surface area contributed by atoms with E-state index < -0.39 is 0 Å². The lowest BCUT2D eigenvalue weighted by molar-refractivity contribution is 0.0657. The summed E-state index contributed by atoms with van der Waals surface area (Å²) in [6, 6.07) is 1.98. The van der Waals surface area contributed by atoms with Crippen LogP contribution in [0.2, 0.25) is 0 Å². The third-order valence-electron chi connectivity index (χ3n) is 4.26. The van der Waals surface area contributed by atoms with Crippen LogP contribution in [0.4, 0.5) is 4.79 Å². The van der Waals surface area contributed by atoms with Gasteiger partial charge in [-0.3, -0.25) is 4.79 Å². The Kier molecular flexibility index (Phi) is 3.61. The van der Waals surface area contributed by atoms with Gasteiger partial charge in [-0.25, -0.2) is 4.79 Å². The second-order valence-corrected chi connectivity index (χ2v) is 5.66. The molecule has 2 aliphatic rings. The Morgan fingerprint density at radius 2 is 1.95 bits per heavy atom. The fourth-order valence-corrected chi connectivity index (χ4v) is 3.13. The normalized spacial score (nSPS) is 20.0. The zero-order chi connectivity index (χ0) is 15.0. The van der Waals surface area contributed by atoms with Gasteiger partial charge in [0.1, 0.15) is 18.1 Å². The summed E-state index contributed by atoms with van der Waals surface area (Å²) in [5.41, 5.74) is 0.645. The number of cyclic esters (lactones) is 1. The number of likely N-dealkylation sites (tertiary alicyclic amines) is 1. The van der Waals surface area contributed by atoms with Crippen LogP contribution in [-0.4, -0.2) is 54.1 Å². The molecule has 2 fully saturated rings. The molecule has 1 aromatic heterocycles. The quantitative estimate of drug-likeness (QED) is 0.836. The fraction of sp³-hybridized carbons (Fsp3) is 0.600. The molecule has 0 unspecified atom stereocenters. The Labute approximate surface area is 123 Å². The molecule has 0 spiro atoms. The van der Waals surface area contributed by atoms with Gasteiger partial charge in [-0.05, 0) is 32.8 Å². The van der Waals surface area contributed by atoms with E-state index >= 15 is 0 Å². The van der Waals surface area contributed by atoms with Crippen molar-refractivity contribution in [1.29, 1.82) is 0 Å². The minimum Gasteiger partial charge on any atom is -0.466 e. The zero-order valence-corrected chi connectivity index (χ0v) is 12.4. The van der Waals surface area contributed by atoms with Gasteiger partial charge < -0.3 is 19.0 Å². The summed E-state index contributed by atoms with van der Waals surface area (Å²) >= 11 is 0. The monoisotopic (exact) mass is 292 g/mol. The van der Waals surface area contributed by atoms with Crippen LogP contribution in [0.5, 0.6) is 0 Å². The van der Waals surface area contributed by atoms with Crippen LogP contribution in [0, 0.1) is 13.8 Å². The third-order valence-corrected chi connectivity index (χ3v) is 4.26. The molecule has 3 heterocycles. The van der Waals surface area contributed by atoms with Crippen molar-refractivity contribution in [2.75, 3.05) is 26.2 Å². The number of ether oxygens (including phenoxy) is 1. The molecule has 0 radical (unpaired) electrons. The molecule has 0 N–H and O–H groups in total. The smallest absolute Gasteiger partial charge is 0.410 e. The number of carbonyl (C=O) groups excluding carboxylic acids is 2. The summed E-state index contributed by atoms with van der Waals surface area (Å²) in [7, 11) is 0. The van der Waals surface area contributed by atoms with Crippen molar-refractivity contribution >= 4 is 12.0 Å². The fourth-order valence-electron chi connectivity index (χ4n) is 3.13. The molecule has 114 valence electrons. The van der Waals surface area contributed by atoms with E-state index in [-0.39, 0.29) is 18.0 Å². The number of nitrogens with zero attached hydrogens (tertiary/aromatic N) is 2. The molecular weight excluding hydrogens is 272 g/mol. The Bertz CT molecular complexity index is 558. The van der Waals surface area contributed by atoms with Gasteiger partial charge in [-0.1, -0.05) is 0 Å². The molecule has 6 heteroatoms. The van der Waals surface area contributed by atoms with Crippen molar-refractivity contribution in [2.24, 2.45) is 0 Å². The number of hydrogen-bond acceptors (Lipinski definition) is 4. The predicted molar refractivity (Wildman–Crippen MR) is 75.2 cm³/mol. The van der Waals surface area contributed by atoms with Crippen LogP contribution < -0.4 is 0 Å². The maximum absolute atomic E-state index is 12.5. The summed E-state index contributed by atoms with van der Waals surface area (Å²) in [6.07, 6.45) is 1.38. The number of amides is 2. The molecule has 6 nitrogen and oxygen atoms in total. The standard InChI is InChI=1S/C15H20N2O4/c1-10-9-13(11(2)21-10)14(18)16-5-3-12(4-6-16)17-7-8-20-15(17)19/h9,12H,3-8H2,1-2H3. The Balaban J connectivity index is 1.62. The molecule has 21 heavy (non-hydrogen) atoms. The van der Waals surface area contributed by atoms with Crippen LogP contribution in [-0.2, 0) is 4.74 Å². The van der Waals surface area contributed by atoms with Gasteiger partial charge in [0.05, 0.1) is 12.1 Å². The summed E-state index contributed by atoms with van der Waals surface area (Å²) in [5.74, 6) is 1.44. The van der Waals surface area contributed by atoms with Crippen molar-refractivity contribution in [1.82, 2.24) is 9.80 Å². The van der Waals surface area contributed by atoms with Gasteiger partial charge in [0, 0.05) is 19.1 Å². The number of piperidine rings is 1. The third kappa shape index (κ3) is 2.62. The molecule has 2 saturated heterocycles. The van der Waals surface area contributed by atoms with E-state index in [1.807, 2.05) is 18.7 Å². The highest BCUT2D eigenvalue weighted by atomic mass is 16.6. The first-order chi connectivity index (χ1) is 10.1. The Hall–Kier alpha value is -1.98. The van der Waals surface area contributed by atoms with E-state index in [0.29, 0.717) is 37.6 Å². The van der Waals surface area contributed by atoms with E-state index in [9.17, 15) is 9.59 Å². The van der Waals surface area contributed by atoms with Crippen molar-refractivity contribution in [2.45, 2.75) is 32.7 Å². The summed E-state index contributed by atoms with van der Waals surface area (Å²) in [4.78, 5) is 27.7. The van der Waals surface area contributed by atoms with E-state index in [1.54, 1.807) is 11.0 Å². The SMILES string of the molecule is Cc1cc(C(=O)N2CCC(N3CCOC3=O)CC2)c(C)o1. The maximum atomic E-state index is 12.5. The minimum absolute atomic E-state index is 0.0202. The Morgan fingerprint density at radius 3 is 2.48 bits per heavy atom. The average Bonchev–Trinajstić information content (AvgIpc) is 3.04. The molecule has 2 amide bonds. The van der Waals surface area contributed by atoms with E-state index in [0.717, 1.165) is 18.6 Å². The number of furan rings is 1. The summed E-state index contributed by atoms with van der Waals surface area (Å²) in [6.45, 7) is 6.12. The van der Waals surface area contributed by atoms with Gasteiger partial charge >= 0.3 is 6.09 Å². The van der Waals surface area contributed by atoms with Crippen LogP contribution in [0.25, 0.3) is 0 Å². The summed E-state index contributed by atoms with van der Waals surface area (Å²) in [5, 5.41) is 0. The molecule has 2 aliphatic heterocycles. The second-order valence-electron chi connectivity index (χ2n) is 5.66. The van der Waals surface area contributed by atoms with Gasteiger partial charge in [0.15, 0.2) is 0 Å². The molecule has 0 atom stereocenters. The average molecular weight is 292 g/mol. The van der Waals surface area contributed by atoms with Gasteiger partial charge in [-0.15, -0.1) is 0 Å². The summed E-state index contributed by atoms with van der Waals surface area (Å²) < 4.78 is 10.4. The van der Waals surface area contributed by atoms with Crippen molar-refractivity contribution in [3.63, 3.8) is 0 Å². The van der Waals surface area contributed by atoms with Crippen LogP contribution in [0.3, 0.4) is 0 Å². The Morgan fingerprint density at radius 1 is 1.24 bits per heavy atom. The van der Waals surface area contributed by atoms with Crippen LogP contribution >= 0.6 is 0 Å². The highest BCUT2D eigenvalue weighted by Crippen LogP contribution is 2.23. The molecular formula is C15H20N2O4. The lowest BCUT2D eigenvalue weighted by Gasteiger charge is -2.35. The van der Waals surface area contributed by atoms with E-state index in [2.05, 4.69) is 0 Å². The van der Waals surface area contributed by atoms with Gasteiger partial charge in [-0.2, -0.15) is 0 Å². The zero-order valence-electron chi connectivity index (χ0n) is 12.4. The van der Waals surface area contributed by atoms with Crippen molar-refractivity contribution in [3.05, 3.63) is 23.2 Å². The molecule has 3 rings (SSSR count). The predicted octanol–water partition coefficient (Wildman–Crippen LogP) is 1.95. The van der Waals surface area contributed by atoms with Crippen molar-refractivity contribution in [3.8, 4) is 0 Å². The second kappa shape index (κ2) is 5.42. The maximum Gasteiger partial charge on any atom is 0.410 e. The van der Waals surface area contributed by atoms with E-state index in [1.165, 1.54) is 0 Å². The number of rotatable bonds is 2. The highest BCUT2D eigenvalue weighted by molar-refractivity contribution is 5.95. The first-order valence-electron chi connectivity index (χ1n) is 7.36. The first-order valence-corrected chi connectivity index (χ1v) is 7.36. The highest BCUT2D eigenvalue weighted by Gasteiger charge is 2.33. The lowest BCUT2D eigenvalue weighted by atomic mass is 10.0. The number of hydrogen-bond donors (Lipinski definition) is 0. The largest absolute Gasteiger partial charge is 0.466 e.